The minimum absolute atomic E-state index is 0.0164. The second-order valence-corrected chi connectivity index (χ2v) is 6.26. The molecule has 1 aliphatic rings. The number of likely N-dealkylation sites (tertiary alicyclic amines) is 1. The van der Waals surface area contributed by atoms with Crippen LogP contribution in [0.5, 0.6) is 0 Å². The first-order chi connectivity index (χ1) is 10.4. The van der Waals surface area contributed by atoms with Gasteiger partial charge < -0.3 is 15.4 Å². The minimum Gasteiger partial charge on any atom is -0.387 e. The average Bonchev–Trinajstić information content (AvgIpc) is 2.80. The van der Waals surface area contributed by atoms with Crippen LogP contribution in [0.15, 0.2) is 10.9 Å². The van der Waals surface area contributed by atoms with E-state index in [1.54, 1.807) is 6.92 Å². The maximum absolute atomic E-state index is 11.5. The third-order valence-electron chi connectivity index (χ3n) is 4.09. The number of amides is 1. The summed E-state index contributed by atoms with van der Waals surface area (Å²) in [5.74, 6) is 0.997. The number of nitrogens with one attached hydrogen (secondary N) is 2. The van der Waals surface area contributed by atoms with Gasteiger partial charge in [0.05, 0.1) is 5.69 Å². The predicted molar refractivity (Wildman–Crippen MR) is 82.2 cm³/mol. The molecule has 0 saturated carbocycles. The zero-order valence-corrected chi connectivity index (χ0v) is 13.3. The normalized spacial score (nSPS) is 22.2. The minimum atomic E-state index is -0.490. The molecule has 1 saturated heterocycles. The molecule has 122 valence electrons. The molecule has 1 fully saturated rings. The highest BCUT2D eigenvalue weighted by atomic mass is 16.3. The summed E-state index contributed by atoms with van der Waals surface area (Å²) in [4.78, 5) is 32.1. The predicted octanol–water partition coefficient (Wildman–Crippen LogP) is -0.357. The van der Waals surface area contributed by atoms with Gasteiger partial charge in [-0.25, -0.2) is 4.98 Å². The number of aliphatic hydroxyl groups is 1. The van der Waals surface area contributed by atoms with Gasteiger partial charge in [-0.2, -0.15) is 0 Å². The van der Waals surface area contributed by atoms with Crippen LogP contribution in [0.25, 0.3) is 0 Å². The van der Waals surface area contributed by atoms with Gasteiger partial charge in [0.25, 0.3) is 5.56 Å². The molecule has 0 aliphatic carbocycles. The molecule has 2 atom stereocenters. The molecule has 0 spiro atoms. The highest BCUT2D eigenvalue weighted by Crippen LogP contribution is 2.25. The van der Waals surface area contributed by atoms with Gasteiger partial charge in [0, 0.05) is 31.7 Å². The average molecular weight is 308 g/mol. The van der Waals surface area contributed by atoms with Gasteiger partial charge in [-0.15, -0.1) is 0 Å². The molecule has 1 aliphatic heterocycles. The Balaban J connectivity index is 2.06. The summed E-state index contributed by atoms with van der Waals surface area (Å²) in [6.45, 7) is 7.64. The number of nitrogens with zero attached hydrogens (tertiary/aromatic N) is 2. The van der Waals surface area contributed by atoms with Crippen molar-refractivity contribution in [3.63, 3.8) is 0 Å². The van der Waals surface area contributed by atoms with Crippen molar-refractivity contribution < 1.29 is 9.90 Å². The van der Waals surface area contributed by atoms with Crippen molar-refractivity contribution in [2.45, 2.75) is 33.4 Å². The Morgan fingerprint density at radius 3 is 2.86 bits per heavy atom. The van der Waals surface area contributed by atoms with Crippen molar-refractivity contribution in [1.29, 1.82) is 0 Å². The van der Waals surface area contributed by atoms with Crippen LogP contribution in [0.3, 0.4) is 0 Å². The summed E-state index contributed by atoms with van der Waals surface area (Å²) in [6.07, 6.45) is 0. The van der Waals surface area contributed by atoms with Crippen LogP contribution >= 0.6 is 0 Å². The standard InChI is InChI=1S/C15H24N4O3/c1-9(2)12-6-19(7-13(12)18-15(22)8-20)5-11-4-14(21)17-10(3)16-11/h4,9,12-13,20H,5-8H2,1-3H3,(H,18,22)(H,16,17,21). The SMILES string of the molecule is Cc1nc(CN2CC(NC(=O)CO)C(C(C)C)C2)cc(=O)[nH]1. The lowest BCUT2D eigenvalue weighted by Crippen LogP contribution is -2.43. The van der Waals surface area contributed by atoms with Gasteiger partial charge in [-0.05, 0) is 18.8 Å². The molecule has 0 aromatic carbocycles. The van der Waals surface area contributed by atoms with Crippen LogP contribution in [0, 0.1) is 18.8 Å². The molecule has 22 heavy (non-hydrogen) atoms. The van der Waals surface area contributed by atoms with E-state index in [4.69, 9.17) is 5.11 Å². The van der Waals surface area contributed by atoms with E-state index in [0.717, 1.165) is 12.2 Å². The molecule has 2 rings (SSSR count). The van der Waals surface area contributed by atoms with Crippen LogP contribution in [-0.4, -0.2) is 51.6 Å². The van der Waals surface area contributed by atoms with Crippen LogP contribution in [-0.2, 0) is 11.3 Å². The Kier molecular flexibility index (Phi) is 5.31. The summed E-state index contributed by atoms with van der Waals surface area (Å²) < 4.78 is 0. The fourth-order valence-corrected chi connectivity index (χ4v) is 3.07. The van der Waals surface area contributed by atoms with E-state index in [1.165, 1.54) is 6.07 Å². The molecule has 1 amide bonds. The number of aryl methyl sites for hydroxylation is 1. The third kappa shape index (κ3) is 4.14. The zero-order chi connectivity index (χ0) is 16.3. The van der Waals surface area contributed by atoms with Crippen LogP contribution in [0.1, 0.15) is 25.4 Å². The summed E-state index contributed by atoms with van der Waals surface area (Å²) >= 11 is 0. The third-order valence-corrected chi connectivity index (χ3v) is 4.09. The van der Waals surface area contributed by atoms with E-state index < -0.39 is 6.61 Å². The first kappa shape index (κ1) is 16.6. The zero-order valence-electron chi connectivity index (χ0n) is 13.3. The monoisotopic (exact) mass is 308 g/mol. The number of hydrogen-bond donors (Lipinski definition) is 3. The second kappa shape index (κ2) is 7.02. The fraction of sp³-hybridized carbons (Fsp3) is 0.667. The lowest BCUT2D eigenvalue weighted by molar-refractivity contribution is -0.124. The number of aromatic nitrogens is 2. The highest BCUT2D eigenvalue weighted by Gasteiger charge is 2.35. The molecular weight excluding hydrogens is 284 g/mol. The Morgan fingerprint density at radius 2 is 2.27 bits per heavy atom. The molecule has 0 bridgehead atoms. The van der Waals surface area contributed by atoms with E-state index in [0.29, 0.717) is 30.7 Å². The quantitative estimate of drug-likeness (QED) is 0.690. The van der Waals surface area contributed by atoms with Gasteiger partial charge >= 0.3 is 0 Å². The number of aliphatic hydroxyl groups excluding tert-OH is 1. The van der Waals surface area contributed by atoms with Gasteiger partial charge in [0.1, 0.15) is 12.4 Å². The first-order valence-electron chi connectivity index (χ1n) is 7.58. The summed E-state index contributed by atoms with van der Waals surface area (Å²) in [6, 6.07) is 1.53. The van der Waals surface area contributed by atoms with E-state index in [2.05, 4.69) is 34.0 Å². The largest absolute Gasteiger partial charge is 0.387 e. The molecular formula is C15H24N4O3. The molecule has 7 nitrogen and oxygen atoms in total. The first-order valence-corrected chi connectivity index (χ1v) is 7.58. The number of hydrogen-bond acceptors (Lipinski definition) is 5. The van der Waals surface area contributed by atoms with Crippen molar-refractivity contribution in [2.75, 3.05) is 19.7 Å². The van der Waals surface area contributed by atoms with Crippen molar-refractivity contribution in [2.24, 2.45) is 11.8 Å². The second-order valence-electron chi connectivity index (χ2n) is 6.26. The topological polar surface area (TPSA) is 98.3 Å². The fourth-order valence-electron chi connectivity index (χ4n) is 3.07. The maximum atomic E-state index is 11.5. The lowest BCUT2D eigenvalue weighted by atomic mass is 9.91. The number of carbonyl (C=O) groups excluding carboxylic acids is 1. The molecule has 3 N–H and O–H groups in total. The summed E-state index contributed by atoms with van der Waals surface area (Å²) in [5.41, 5.74) is 0.588. The molecule has 0 radical (unpaired) electrons. The van der Waals surface area contributed by atoms with Gasteiger partial charge in [-0.3, -0.25) is 14.5 Å². The van der Waals surface area contributed by atoms with Crippen molar-refractivity contribution in [1.82, 2.24) is 20.2 Å². The molecule has 1 aromatic heterocycles. The van der Waals surface area contributed by atoms with E-state index in [-0.39, 0.29) is 17.5 Å². The van der Waals surface area contributed by atoms with E-state index in [9.17, 15) is 9.59 Å². The van der Waals surface area contributed by atoms with Gasteiger partial charge in [0.15, 0.2) is 0 Å². The van der Waals surface area contributed by atoms with E-state index in [1.807, 2.05) is 0 Å². The highest BCUT2D eigenvalue weighted by molar-refractivity contribution is 5.77. The van der Waals surface area contributed by atoms with Crippen molar-refractivity contribution in [3.05, 3.63) is 27.9 Å². The maximum Gasteiger partial charge on any atom is 0.251 e. The number of aromatic amines is 1. The molecule has 2 unspecified atom stereocenters. The molecule has 7 heteroatoms. The molecule has 2 heterocycles. The lowest BCUT2D eigenvalue weighted by Gasteiger charge is -2.22. The Labute approximate surface area is 129 Å². The van der Waals surface area contributed by atoms with Crippen LogP contribution in [0.4, 0.5) is 0 Å². The van der Waals surface area contributed by atoms with Crippen LogP contribution < -0.4 is 10.9 Å². The van der Waals surface area contributed by atoms with Crippen molar-refractivity contribution >= 4 is 5.91 Å². The number of H-pyrrole nitrogens is 1. The smallest absolute Gasteiger partial charge is 0.251 e. The van der Waals surface area contributed by atoms with E-state index >= 15 is 0 Å². The molecule has 1 aromatic rings. The Hall–Kier alpha value is -1.73. The van der Waals surface area contributed by atoms with Crippen molar-refractivity contribution in [3.8, 4) is 0 Å². The number of rotatable bonds is 5. The van der Waals surface area contributed by atoms with Crippen LogP contribution in [0.2, 0.25) is 0 Å². The Bertz CT molecular complexity index is 584. The van der Waals surface area contributed by atoms with Gasteiger partial charge in [0.2, 0.25) is 5.91 Å². The summed E-state index contributed by atoms with van der Waals surface area (Å²) in [7, 11) is 0. The number of carbonyl (C=O) groups is 1. The summed E-state index contributed by atoms with van der Waals surface area (Å²) in [5, 5.41) is 11.8. The van der Waals surface area contributed by atoms with Gasteiger partial charge in [-0.1, -0.05) is 13.8 Å². The Morgan fingerprint density at radius 1 is 1.55 bits per heavy atom.